The van der Waals surface area contributed by atoms with Gasteiger partial charge in [0.2, 0.25) is 27.7 Å². The first-order chi connectivity index (χ1) is 24.5. The smallest absolute Gasteiger partial charge is 0.410 e. The van der Waals surface area contributed by atoms with Crippen molar-refractivity contribution in [3.05, 3.63) is 107 Å². The number of likely N-dealkylation sites (tertiary alicyclic amines) is 1. The summed E-state index contributed by atoms with van der Waals surface area (Å²) in [5, 5.41) is 10.4. The highest BCUT2D eigenvalue weighted by atomic mass is 32.2. The van der Waals surface area contributed by atoms with E-state index in [0.29, 0.717) is 24.0 Å². The van der Waals surface area contributed by atoms with Crippen molar-refractivity contribution in [1.29, 1.82) is 5.41 Å². The lowest BCUT2D eigenvalue weighted by atomic mass is 10.1. The molecule has 51 heavy (non-hydrogen) atoms. The van der Waals surface area contributed by atoms with Crippen molar-refractivity contribution >= 4 is 39.7 Å². The normalized spacial score (nSPS) is 16.7. The second-order valence-corrected chi connectivity index (χ2v) is 14.3. The summed E-state index contributed by atoms with van der Waals surface area (Å²) >= 11 is 0. The number of hydrogen-bond donors (Lipinski definition) is 4. The summed E-state index contributed by atoms with van der Waals surface area (Å²) in [5.74, 6) is -1.99. The van der Waals surface area contributed by atoms with Crippen LogP contribution in [0.15, 0.2) is 84.9 Å². The predicted molar refractivity (Wildman–Crippen MR) is 189 cm³/mol. The van der Waals surface area contributed by atoms with Gasteiger partial charge in [0.15, 0.2) is 0 Å². The van der Waals surface area contributed by atoms with Crippen molar-refractivity contribution in [2.75, 3.05) is 32.7 Å². The molecule has 270 valence electrons. The van der Waals surface area contributed by atoms with Crippen molar-refractivity contribution in [3.8, 4) is 0 Å². The molecule has 0 aromatic heterocycles. The van der Waals surface area contributed by atoms with Crippen LogP contribution in [0.1, 0.15) is 41.5 Å². The molecule has 2 fully saturated rings. The minimum absolute atomic E-state index is 0.0698. The second kappa shape index (κ2) is 17.1. The van der Waals surface area contributed by atoms with Crippen molar-refractivity contribution in [1.82, 2.24) is 24.7 Å². The number of nitrogens with zero attached hydrogens (tertiary/aromatic N) is 3. The van der Waals surface area contributed by atoms with Gasteiger partial charge in [-0.2, -0.15) is 0 Å². The number of amidine groups is 1. The fourth-order valence-electron chi connectivity index (χ4n) is 6.10. The van der Waals surface area contributed by atoms with Crippen LogP contribution in [0.3, 0.4) is 0 Å². The maximum Gasteiger partial charge on any atom is 0.410 e. The molecule has 5 rings (SSSR count). The number of nitrogens with one attached hydrogen (secondary N) is 3. The maximum atomic E-state index is 14.1. The van der Waals surface area contributed by atoms with Gasteiger partial charge < -0.3 is 30.5 Å². The molecule has 2 aliphatic heterocycles. The van der Waals surface area contributed by atoms with Crippen molar-refractivity contribution in [2.24, 2.45) is 5.73 Å². The number of amides is 4. The van der Waals surface area contributed by atoms with Gasteiger partial charge in [0, 0.05) is 44.8 Å². The van der Waals surface area contributed by atoms with E-state index in [4.69, 9.17) is 15.9 Å². The van der Waals surface area contributed by atoms with Gasteiger partial charge in [-0.15, -0.1) is 0 Å². The number of hydrogen-bond acceptors (Lipinski definition) is 8. The van der Waals surface area contributed by atoms with E-state index in [2.05, 4.69) is 10.0 Å². The molecular weight excluding hydrogens is 675 g/mol. The molecule has 0 radical (unpaired) electrons. The standard InChI is InChI=1S/C36H43N7O7S/c37-33(38)29-15-13-26(14-16-29)23-39-34(45)31-12-7-17-43(31)35(46)30(40-51(48,49)25-28-10-5-2-6-11-28)22-32(44)41-18-20-42(21-19-41)36(47)50-24-27-8-3-1-4-9-27/h1-6,8-11,13-16,30-31,40H,7,12,17-25H2,(H3,37,38)(H,39,45)/t30-,31+/m1/s1. The number of nitrogen functional groups attached to an aromatic ring is 1. The zero-order valence-electron chi connectivity index (χ0n) is 28.2. The predicted octanol–water partition coefficient (Wildman–Crippen LogP) is 1.94. The van der Waals surface area contributed by atoms with E-state index in [0.717, 1.165) is 11.1 Å². The minimum Gasteiger partial charge on any atom is -0.445 e. The van der Waals surface area contributed by atoms with Gasteiger partial charge in [-0.3, -0.25) is 19.8 Å². The molecule has 0 spiro atoms. The molecular formula is C36H43N7O7S. The molecule has 0 aliphatic carbocycles. The van der Waals surface area contributed by atoms with Crippen LogP contribution in [0.5, 0.6) is 0 Å². The summed E-state index contributed by atoms with van der Waals surface area (Å²) in [7, 11) is -4.09. The Bertz CT molecular complexity index is 1800. The van der Waals surface area contributed by atoms with E-state index in [9.17, 15) is 27.6 Å². The molecule has 2 heterocycles. The molecule has 0 unspecified atom stereocenters. The van der Waals surface area contributed by atoms with Crippen LogP contribution < -0.4 is 15.8 Å². The zero-order chi connectivity index (χ0) is 36.4. The van der Waals surface area contributed by atoms with E-state index in [1.807, 2.05) is 30.3 Å². The number of nitrogens with two attached hydrogens (primary N) is 1. The third-order valence-corrected chi connectivity index (χ3v) is 10.2. The number of piperazine rings is 1. The van der Waals surface area contributed by atoms with E-state index in [1.165, 1.54) is 14.7 Å². The number of sulfonamides is 1. The summed E-state index contributed by atoms with van der Waals surface area (Å²) in [6, 6.07) is 22.3. The Balaban J connectivity index is 1.23. The molecule has 0 bridgehead atoms. The molecule has 5 N–H and O–H groups in total. The summed E-state index contributed by atoms with van der Waals surface area (Å²) in [6.07, 6.45) is -0.0602. The van der Waals surface area contributed by atoms with Crippen molar-refractivity contribution in [3.63, 3.8) is 0 Å². The average Bonchev–Trinajstić information content (AvgIpc) is 3.63. The number of rotatable bonds is 13. The Labute approximate surface area is 297 Å². The third-order valence-electron chi connectivity index (χ3n) is 8.86. The Kier molecular flexibility index (Phi) is 12.4. The van der Waals surface area contributed by atoms with Crippen molar-refractivity contribution in [2.45, 2.75) is 50.3 Å². The number of benzene rings is 3. The SMILES string of the molecule is N=C(N)c1ccc(CNC(=O)[C@@H]2CCCN2C(=O)[C@@H](CC(=O)N2CCN(C(=O)OCc3ccccc3)CC2)NS(=O)(=O)Cc2ccccc2)cc1. The van der Waals surface area contributed by atoms with Gasteiger partial charge in [0.25, 0.3) is 0 Å². The number of carbonyl (C=O) groups is 4. The van der Waals surface area contributed by atoms with Crippen LogP contribution >= 0.6 is 0 Å². The highest BCUT2D eigenvalue weighted by Gasteiger charge is 2.40. The first-order valence-corrected chi connectivity index (χ1v) is 18.4. The lowest BCUT2D eigenvalue weighted by Gasteiger charge is -2.35. The van der Waals surface area contributed by atoms with E-state index >= 15 is 0 Å². The third kappa shape index (κ3) is 10.4. The number of ether oxygens (including phenoxy) is 1. The van der Waals surface area contributed by atoms with Crippen LogP contribution in [0.4, 0.5) is 4.79 Å². The minimum atomic E-state index is -4.09. The first kappa shape index (κ1) is 37.0. The Hall–Kier alpha value is -5.28. The van der Waals surface area contributed by atoms with E-state index in [-0.39, 0.29) is 51.7 Å². The van der Waals surface area contributed by atoms with E-state index in [1.54, 1.807) is 54.6 Å². The van der Waals surface area contributed by atoms with Gasteiger partial charge in [-0.1, -0.05) is 84.9 Å². The van der Waals surface area contributed by atoms with Gasteiger partial charge in [-0.05, 0) is 29.5 Å². The van der Waals surface area contributed by atoms with Crippen molar-refractivity contribution < 1.29 is 32.3 Å². The van der Waals surface area contributed by atoms with Crippen LogP contribution in [-0.4, -0.2) is 97.6 Å². The Morgan fingerprint density at radius 1 is 0.824 bits per heavy atom. The molecule has 0 saturated carbocycles. The molecule has 3 aromatic carbocycles. The van der Waals surface area contributed by atoms with Crippen LogP contribution in [0, 0.1) is 5.41 Å². The summed E-state index contributed by atoms with van der Waals surface area (Å²) in [6.45, 7) is 1.30. The Morgan fingerprint density at radius 3 is 2.06 bits per heavy atom. The molecule has 3 aromatic rings. The summed E-state index contributed by atoms with van der Waals surface area (Å²) in [4.78, 5) is 58.0. The molecule has 4 amide bonds. The van der Waals surface area contributed by atoms with Crippen LogP contribution in [0.2, 0.25) is 0 Å². The maximum absolute atomic E-state index is 14.1. The van der Waals surface area contributed by atoms with Gasteiger partial charge in [0.1, 0.15) is 24.5 Å². The first-order valence-electron chi connectivity index (χ1n) is 16.8. The average molecular weight is 718 g/mol. The molecule has 2 atom stereocenters. The topological polar surface area (TPSA) is 195 Å². The number of carbonyl (C=O) groups excluding carboxylic acids is 4. The largest absolute Gasteiger partial charge is 0.445 e. The lowest BCUT2D eigenvalue weighted by Crippen LogP contribution is -2.56. The highest BCUT2D eigenvalue weighted by Crippen LogP contribution is 2.21. The fraction of sp³-hybridized carbons (Fsp3) is 0.361. The zero-order valence-corrected chi connectivity index (χ0v) is 29.0. The summed E-state index contributed by atoms with van der Waals surface area (Å²) in [5.41, 5.74) is 8.20. The van der Waals surface area contributed by atoms with Crippen LogP contribution in [0.25, 0.3) is 0 Å². The lowest BCUT2D eigenvalue weighted by molar-refractivity contribution is -0.142. The molecule has 15 heteroatoms. The molecule has 2 aliphatic rings. The monoisotopic (exact) mass is 717 g/mol. The van der Waals surface area contributed by atoms with Gasteiger partial charge >= 0.3 is 6.09 Å². The Morgan fingerprint density at radius 2 is 1.43 bits per heavy atom. The fourth-order valence-corrected chi connectivity index (χ4v) is 7.43. The second-order valence-electron chi connectivity index (χ2n) is 12.5. The quantitative estimate of drug-likeness (QED) is 0.152. The molecule has 14 nitrogen and oxygen atoms in total. The molecule has 2 saturated heterocycles. The highest BCUT2D eigenvalue weighted by molar-refractivity contribution is 7.88. The van der Waals surface area contributed by atoms with E-state index < -0.39 is 58.1 Å². The summed E-state index contributed by atoms with van der Waals surface area (Å²) < 4.78 is 34.6. The van der Waals surface area contributed by atoms with Gasteiger partial charge in [-0.25, -0.2) is 17.9 Å². The van der Waals surface area contributed by atoms with Gasteiger partial charge in [0.05, 0.1) is 12.2 Å². The van der Waals surface area contributed by atoms with Crippen LogP contribution in [-0.2, 0) is 48.0 Å².